The van der Waals surface area contributed by atoms with E-state index in [-0.39, 0.29) is 30.6 Å². The molecule has 7 nitrogen and oxygen atoms in total. The van der Waals surface area contributed by atoms with Crippen molar-refractivity contribution < 1.29 is 14.0 Å². The van der Waals surface area contributed by atoms with E-state index in [1.54, 1.807) is 22.9 Å². The van der Waals surface area contributed by atoms with Crippen LogP contribution >= 0.6 is 11.3 Å². The van der Waals surface area contributed by atoms with E-state index in [1.165, 1.54) is 33.9 Å². The molecule has 5 rings (SSSR count). The van der Waals surface area contributed by atoms with Crippen LogP contribution in [0.2, 0.25) is 0 Å². The molecule has 1 atom stereocenters. The predicted octanol–water partition coefficient (Wildman–Crippen LogP) is 4.74. The molecule has 0 radical (unpaired) electrons. The highest BCUT2D eigenvalue weighted by Gasteiger charge is 2.35. The number of amides is 2. The van der Waals surface area contributed by atoms with Crippen molar-refractivity contribution in [2.75, 3.05) is 16.8 Å². The molecule has 172 valence electrons. The van der Waals surface area contributed by atoms with E-state index < -0.39 is 5.92 Å². The lowest BCUT2D eigenvalue weighted by Crippen LogP contribution is -2.28. The molecule has 2 aromatic carbocycles. The largest absolute Gasteiger partial charge is 0.312 e. The first-order chi connectivity index (χ1) is 16.4. The molecule has 3 heterocycles. The SMILES string of the molecule is Cc1ccc(-c2csc(-n3c(NC(=O)C4CC(=O)N(c5ccc(F)cc5)C4)cnc3C)n2)cc1. The van der Waals surface area contributed by atoms with Gasteiger partial charge in [0.25, 0.3) is 0 Å². The number of nitrogens with one attached hydrogen (secondary N) is 1. The second-order valence-corrected chi connectivity index (χ2v) is 9.12. The lowest BCUT2D eigenvalue weighted by atomic mass is 10.1. The molecule has 0 saturated carbocycles. The zero-order valence-electron chi connectivity index (χ0n) is 18.7. The quantitative estimate of drug-likeness (QED) is 0.452. The maximum Gasteiger partial charge on any atom is 0.230 e. The van der Waals surface area contributed by atoms with Crippen LogP contribution in [0.4, 0.5) is 15.9 Å². The van der Waals surface area contributed by atoms with Gasteiger partial charge in [-0.25, -0.2) is 14.4 Å². The minimum atomic E-state index is -0.527. The molecule has 0 aliphatic carbocycles. The molecule has 1 saturated heterocycles. The second kappa shape index (κ2) is 8.83. The third-order valence-corrected chi connectivity index (χ3v) is 6.68. The first kappa shape index (κ1) is 22.0. The fourth-order valence-corrected chi connectivity index (χ4v) is 4.87. The van der Waals surface area contributed by atoms with Crippen LogP contribution in [0.15, 0.2) is 60.1 Å². The van der Waals surface area contributed by atoms with Crippen molar-refractivity contribution in [2.24, 2.45) is 5.92 Å². The number of thiazole rings is 1. The van der Waals surface area contributed by atoms with Gasteiger partial charge in [0.1, 0.15) is 17.5 Å². The maximum atomic E-state index is 13.2. The lowest BCUT2D eigenvalue weighted by Gasteiger charge is -2.16. The van der Waals surface area contributed by atoms with Gasteiger partial charge < -0.3 is 10.2 Å². The van der Waals surface area contributed by atoms with Crippen molar-refractivity contribution in [3.05, 3.63) is 77.3 Å². The number of benzene rings is 2. The van der Waals surface area contributed by atoms with Crippen LogP contribution in [-0.2, 0) is 9.59 Å². The number of rotatable bonds is 5. The van der Waals surface area contributed by atoms with Gasteiger partial charge in [0.2, 0.25) is 11.8 Å². The second-order valence-electron chi connectivity index (χ2n) is 8.28. The first-order valence-electron chi connectivity index (χ1n) is 10.8. The summed E-state index contributed by atoms with van der Waals surface area (Å²) in [6.45, 7) is 4.12. The number of imidazole rings is 1. The molecule has 0 spiro atoms. The van der Waals surface area contributed by atoms with Crippen LogP contribution in [0.25, 0.3) is 16.4 Å². The Hall–Kier alpha value is -3.85. The Bertz CT molecular complexity index is 1360. The van der Waals surface area contributed by atoms with Gasteiger partial charge in [-0.2, -0.15) is 0 Å². The first-order valence-corrected chi connectivity index (χ1v) is 11.7. The maximum absolute atomic E-state index is 13.2. The normalized spacial score (nSPS) is 15.7. The number of hydrogen-bond donors (Lipinski definition) is 1. The zero-order valence-corrected chi connectivity index (χ0v) is 19.5. The topological polar surface area (TPSA) is 80.1 Å². The molecule has 2 aromatic heterocycles. The Morgan fingerprint density at radius 3 is 2.59 bits per heavy atom. The molecule has 1 N–H and O–H groups in total. The monoisotopic (exact) mass is 475 g/mol. The third kappa shape index (κ3) is 4.22. The summed E-state index contributed by atoms with van der Waals surface area (Å²) in [5.74, 6) is -0.147. The molecule has 2 amide bonds. The number of aryl methyl sites for hydroxylation is 2. The molecule has 1 fully saturated rings. The van der Waals surface area contributed by atoms with Crippen LogP contribution in [0, 0.1) is 25.6 Å². The molecular weight excluding hydrogens is 453 g/mol. The van der Waals surface area contributed by atoms with Crippen molar-refractivity contribution in [2.45, 2.75) is 20.3 Å². The molecule has 4 aromatic rings. The lowest BCUT2D eigenvalue weighted by molar-refractivity contribution is -0.122. The minimum Gasteiger partial charge on any atom is -0.312 e. The van der Waals surface area contributed by atoms with Gasteiger partial charge in [0, 0.05) is 29.6 Å². The van der Waals surface area contributed by atoms with Crippen LogP contribution in [-0.4, -0.2) is 32.9 Å². The highest BCUT2D eigenvalue weighted by atomic mass is 32.1. The summed E-state index contributed by atoms with van der Waals surface area (Å²) < 4.78 is 15.0. The fourth-order valence-electron chi connectivity index (χ4n) is 3.98. The number of carbonyl (C=O) groups is 2. The van der Waals surface area contributed by atoms with Crippen LogP contribution in [0.5, 0.6) is 0 Å². The summed E-state index contributed by atoms with van der Waals surface area (Å²) in [6.07, 6.45) is 1.68. The Labute approximate surface area is 199 Å². The summed E-state index contributed by atoms with van der Waals surface area (Å²) in [5.41, 5.74) is 3.62. The summed E-state index contributed by atoms with van der Waals surface area (Å²) in [6, 6.07) is 13.8. The molecule has 34 heavy (non-hydrogen) atoms. The Kier molecular flexibility index (Phi) is 5.70. The molecule has 1 aliphatic rings. The molecular formula is C25H22FN5O2S. The predicted molar refractivity (Wildman–Crippen MR) is 130 cm³/mol. The van der Waals surface area contributed by atoms with E-state index in [1.807, 2.05) is 43.5 Å². The Morgan fingerprint density at radius 2 is 1.85 bits per heavy atom. The number of aromatic nitrogens is 3. The molecule has 9 heteroatoms. The number of anilines is 2. The number of nitrogens with zero attached hydrogens (tertiary/aromatic N) is 4. The average Bonchev–Trinajstić information content (AvgIpc) is 3.54. The van der Waals surface area contributed by atoms with Gasteiger partial charge in [0.05, 0.1) is 17.8 Å². The van der Waals surface area contributed by atoms with Crippen molar-refractivity contribution >= 4 is 34.7 Å². The van der Waals surface area contributed by atoms with E-state index in [4.69, 9.17) is 4.98 Å². The summed E-state index contributed by atoms with van der Waals surface area (Å²) in [4.78, 5) is 36.2. The minimum absolute atomic E-state index is 0.0884. The van der Waals surface area contributed by atoms with E-state index in [0.29, 0.717) is 22.5 Å². The van der Waals surface area contributed by atoms with Crippen molar-refractivity contribution in [3.63, 3.8) is 0 Å². The van der Waals surface area contributed by atoms with E-state index in [9.17, 15) is 14.0 Å². The van der Waals surface area contributed by atoms with Crippen molar-refractivity contribution in [1.82, 2.24) is 14.5 Å². The van der Waals surface area contributed by atoms with Crippen molar-refractivity contribution in [1.29, 1.82) is 0 Å². The molecule has 1 unspecified atom stereocenters. The van der Waals surface area contributed by atoms with E-state index in [2.05, 4.69) is 10.3 Å². The van der Waals surface area contributed by atoms with Gasteiger partial charge >= 0.3 is 0 Å². The van der Waals surface area contributed by atoms with E-state index >= 15 is 0 Å². The highest BCUT2D eigenvalue weighted by molar-refractivity contribution is 7.12. The van der Waals surface area contributed by atoms with Gasteiger partial charge in [0.15, 0.2) is 5.13 Å². The van der Waals surface area contributed by atoms with Gasteiger partial charge in [-0.1, -0.05) is 29.8 Å². The fraction of sp³-hybridized carbons (Fsp3) is 0.200. The number of halogens is 1. The zero-order chi connectivity index (χ0) is 23.8. The highest BCUT2D eigenvalue weighted by Crippen LogP contribution is 2.29. The molecule has 0 bridgehead atoms. The Balaban J connectivity index is 1.34. The number of hydrogen-bond acceptors (Lipinski definition) is 5. The van der Waals surface area contributed by atoms with Crippen LogP contribution in [0.1, 0.15) is 17.8 Å². The average molecular weight is 476 g/mol. The van der Waals surface area contributed by atoms with Gasteiger partial charge in [-0.3, -0.25) is 14.2 Å². The molecule has 1 aliphatic heterocycles. The van der Waals surface area contributed by atoms with Crippen molar-refractivity contribution in [3.8, 4) is 16.4 Å². The summed E-state index contributed by atoms with van der Waals surface area (Å²) in [5, 5.41) is 5.58. The van der Waals surface area contributed by atoms with Gasteiger partial charge in [-0.05, 0) is 38.1 Å². The smallest absolute Gasteiger partial charge is 0.230 e. The van der Waals surface area contributed by atoms with Crippen LogP contribution in [0.3, 0.4) is 0 Å². The number of carbonyl (C=O) groups excluding carboxylic acids is 2. The Morgan fingerprint density at radius 1 is 1.12 bits per heavy atom. The standard InChI is InChI=1S/C25H22FN5O2S/c1-15-3-5-17(6-4-15)21-14-34-25(28-21)31-16(2)27-12-22(31)29-24(33)18-11-23(32)30(13-18)20-9-7-19(26)8-10-20/h3-10,12,14,18H,11,13H2,1-2H3,(H,29,33). The summed E-state index contributed by atoms with van der Waals surface area (Å²) in [7, 11) is 0. The van der Waals surface area contributed by atoms with Gasteiger partial charge in [-0.15, -0.1) is 11.3 Å². The van der Waals surface area contributed by atoms with E-state index in [0.717, 1.165) is 11.3 Å². The third-order valence-electron chi connectivity index (χ3n) is 5.85. The summed E-state index contributed by atoms with van der Waals surface area (Å²) >= 11 is 1.46. The van der Waals surface area contributed by atoms with Crippen LogP contribution < -0.4 is 10.2 Å².